The predicted molar refractivity (Wildman–Crippen MR) is 106 cm³/mol. The molecule has 2 aromatic carbocycles. The van der Waals surface area contributed by atoms with Crippen molar-refractivity contribution in [2.75, 3.05) is 31.5 Å². The molecule has 0 unspecified atom stereocenters. The maximum atomic E-state index is 13.3. The number of benzene rings is 2. The Morgan fingerprint density at radius 1 is 0.966 bits per heavy atom. The van der Waals surface area contributed by atoms with Crippen LogP contribution >= 0.6 is 0 Å². The molecule has 1 saturated heterocycles. The first-order chi connectivity index (χ1) is 14.1. The van der Waals surface area contributed by atoms with Crippen molar-refractivity contribution in [2.45, 2.75) is 0 Å². The second kappa shape index (κ2) is 8.14. The van der Waals surface area contributed by atoms with E-state index in [1.807, 2.05) is 35.0 Å². The van der Waals surface area contributed by atoms with Crippen LogP contribution in [0.2, 0.25) is 0 Å². The molecule has 8 heteroatoms. The van der Waals surface area contributed by atoms with Gasteiger partial charge in [0.1, 0.15) is 5.82 Å². The molecule has 1 aliphatic heterocycles. The lowest BCUT2D eigenvalue weighted by Gasteiger charge is -2.34. The molecule has 0 radical (unpaired) electrons. The van der Waals surface area contributed by atoms with E-state index in [0.717, 1.165) is 5.69 Å². The van der Waals surface area contributed by atoms with E-state index in [1.165, 1.54) is 18.2 Å². The van der Waals surface area contributed by atoms with Crippen molar-refractivity contribution in [3.63, 3.8) is 0 Å². The number of rotatable bonds is 3. The van der Waals surface area contributed by atoms with Crippen LogP contribution in [0.5, 0.6) is 0 Å². The quantitative estimate of drug-likeness (QED) is 0.744. The largest absolute Gasteiger partial charge is 0.335 e. The Balaban J connectivity index is 1.31. The Hall–Kier alpha value is -3.68. The zero-order valence-electron chi connectivity index (χ0n) is 15.7. The molecule has 1 aliphatic rings. The van der Waals surface area contributed by atoms with Crippen molar-refractivity contribution in [3.8, 4) is 5.69 Å². The maximum Gasteiger partial charge on any atom is 0.321 e. The molecular formula is C21H20FN5O2. The number of hydrogen-bond donors (Lipinski definition) is 1. The third-order valence-electron chi connectivity index (χ3n) is 4.85. The van der Waals surface area contributed by atoms with E-state index in [1.54, 1.807) is 28.4 Å². The Bertz CT molecular complexity index is 996. The van der Waals surface area contributed by atoms with Gasteiger partial charge in [0.15, 0.2) is 0 Å². The summed E-state index contributed by atoms with van der Waals surface area (Å²) in [4.78, 5) is 32.3. The molecule has 0 bridgehead atoms. The number of urea groups is 1. The van der Waals surface area contributed by atoms with Gasteiger partial charge in [-0.25, -0.2) is 14.2 Å². The summed E-state index contributed by atoms with van der Waals surface area (Å²) in [5.41, 5.74) is 1.96. The van der Waals surface area contributed by atoms with E-state index in [0.29, 0.717) is 37.4 Å². The van der Waals surface area contributed by atoms with Gasteiger partial charge >= 0.3 is 6.03 Å². The number of halogens is 1. The van der Waals surface area contributed by atoms with E-state index in [9.17, 15) is 14.0 Å². The molecule has 29 heavy (non-hydrogen) atoms. The Kier molecular flexibility index (Phi) is 5.24. The summed E-state index contributed by atoms with van der Waals surface area (Å²) in [6.07, 6.45) is 5.25. The van der Waals surface area contributed by atoms with Crippen LogP contribution in [-0.4, -0.2) is 57.5 Å². The lowest BCUT2D eigenvalue weighted by molar-refractivity contribution is 0.0671. The zero-order valence-corrected chi connectivity index (χ0v) is 15.7. The fourth-order valence-electron chi connectivity index (χ4n) is 3.25. The fraction of sp³-hybridized carbons (Fsp3) is 0.190. The van der Waals surface area contributed by atoms with Crippen LogP contribution in [0, 0.1) is 5.82 Å². The van der Waals surface area contributed by atoms with Gasteiger partial charge < -0.3 is 19.7 Å². The van der Waals surface area contributed by atoms with E-state index < -0.39 is 5.82 Å². The molecule has 1 aromatic heterocycles. The lowest BCUT2D eigenvalue weighted by atomic mass is 10.2. The number of anilines is 1. The van der Waals surface area contributed by atoms with Crippen LogP contribution in [0.1, 0.15) is 10.4 Å². The van der Waals surface area contributed by atoms with Gasteiger partial charge in [-0.3, -0.25) is 4.79 Å². The van der Waals surface area contributed by atoms with Crippen LogP contribution in [0.3, 0.4) is 0 Å². The molecule has 7 nitrogen and oxygen atoms in total. The van der Waals surface area contributed by atoms with E-state index >= 15 is 0 Å². The Morgan fingerprint density at radius 3 is 2.34 bits per heavy atom. The van der Waals surface area contributed by atoms with Crippen LogP contribution in [0.15, 0.2) is 67.3 Å². The maximum absolute atomic E-state index is 13.3. The highest BCUT2D eigenvalue weighted by atomic mass is 19.1. The molecule has 0 spiro atoms. The number of aromatic nitrogens is 2. The Morgan fingerprint density at radius 2 is 1.69 bits per heavy atom. The fourth-order valence-corrected chi connectivity index (χ4v) is 3.25. The molecular weight excluding hydrogens is 373 g/mol. The minimum Gasteiger partial charge on any atom is -0.335 e. The van der Waals surface area contributed by atoms with Crippen LogP contribution in [0.25, 0.3) is 5.69 Å². The lowest BCUT2D eigenvalue weighted by Crippen LogP contribution is -2.51. The standard InChI is InChI=1S/C21H20FN5O2/c22-17-3-1-2-16(14-17)20(28)25-10-12-26(13-11-25)21(29)24-18-4-6-19(7-5-18)27-9-8-23-15-27/h1-9,14-15H,10-13H2,(H,24,29). The van der Waals surface area contributed by atoms with Gasteiger partial charge in [-0.1, -0.05) is 6.07 Å². The third-order valence-corrected chi connectivity index (χ3v) is 4.85. The van der Waals surface area contributed by atoms with Gasteiger partial charge in [-0.15, -0.1) is 0 Å². The van der Waals surface area contributed by atoms with Crippen LogP contribution in [-0.2, 0) is 0 Å². The monoisotopic (exact) mass is 393 g/mol. The van der Waals surface area contributed by atoms with Gasteiger partial charge in [0.25, 0.3) is 5.91 Å². The van der Waals surface area contributed by atoms with Crippen molar-refractivity contribution in [1.29, 1.82) is 0 Å². The van der Waals surface area contributed by atoms with Crippen molar-refractivity contribution in [3.05, 3.63) is 78.6 Å². The predicted octanol–water partition coefficient (Wildman–Crippen LogP) is 3.00. The second-order valence-electron chi connectivity index (χ2n) is 6.74. The first-order valence-electron chi connectivity index (χ1n) is 9.29. The van der Waals surface area contributed by atoms with Crippen LogP contribution < -0.4 is 5.32 Å². The van der Waals surface area contributed by atoms with Gasteiger partial charge in [0.05, 0.1) is 6.33 Å². The molecule has 3 amide bonds. The molecule has 3 aromatic rings. The van der Waals surface area contributed by atoms with Crippen molar-refractivity contribution in [2.24, 2.45) is 0 Å². The number of imidazole rings is 1. The molecule has 0 saturated carbocycles. The van der Waals surface area contributed by atoms with E-state index in [2.05, 4.69) is 10.3 Å². The van der Waals surface area contributed by atoms with Crippen LogP contribution in [0.4, 0.5) is 14.9 Å². The first-order valence-corrected chi connectivity index (χ1v) is 9.29. The second-order valence-corrected chi connectivity index (χ2v) is 6.74. The highest BCUT2D eigenvalue weighted by molar-refractivity contribution is 5.94. The number of piperazine rings is 1. The van der Waals surface area contributed by atoms with Gasteiger partial charge in [0, 0.05) is 55.5 Å². The highest BCUT2D eigenvalue weighted by Gasteiger charge is 2.25. The molecule has 148 valence electrons. The summed E-state index contributed by atoms with van der Waals surface area (Å²) in [5, 5.41) is 2.88. The molecule has 1 N–H and O–H groups in total. The number of nitrogens with zero attached hydrogens (tertiary/aromatic N) is 4. The number of nitrogens with one attached hydrogen (secondary N) is 1. The summed E-state index contributed by atoms with van der Waals surface area (Å²) in [5.74, 6) is -0.660. The average molecular weight is 393 g/mol. The van der Waals surface area contributed by atoms with E-state index in [-0.39, 0.29) is 11.9 Å². The van der Waals surface area contributed by atoms with Gasteiger partial charge in [0.2, 0.25) is 0 Å². The van der Waals surface area contributed by atoms with Crippen molar-refractivity contribution < 1.29 is 14.0 Å². The van der Waals surface area contributed by atoms with Gasteiger partial charge in [-0.2, -0.15) is 0 Å². The van der Waals surface area contributed by atoms with Crippen molar-refractivity contribution in [1.82, 2.24) is 19.4 Å². The number of carbonyl (C=O) groups is 2. The number of amides is 3. The van der Waals surface area contributed by atoms with Gasteiger partial charge in [-0.05, 0) is 42.5 Å². The molecule has 2 heterocycles. The molecule has 4 rings (SSSR count). The molecule has 1 fully saturated rings. The number of carbonyl (C=O) groups excluding carboxylic acids is 2. The minimum absolute atomic E-state index is 0.210. The van der Waals surface area contributed by atoms with E-state index in [4.69, 9.17) is 0 Å². The van der Waals surface area contributed by atoms with Crippen molar-refractivity contribution >= 4 is 17.6 Å². The SMILES string of the molecule is O=C(Nc1ccc(-n2ccnc2)cc1)N1CCN(C(=O)c2cccc(F)c2)CC1. The molecule has 0 aliphatic carbocycles. The summed E-state index contributed by atoms with van der Waals surface area (Å²) in [7, 11) is 0. The smallest absolute Gasteiger partial charge is 0.321 e. The first kappa shape index (κ1) is 18.7. The minimum atomic E-state index is -0.437. The third kappa shape index (κ3) is 4.26. The topological polar surface area (TPSA) is 70.5 Å². The zero-order chi connectivity index (χ0) is 20.2. The number of hydrogen-bond acceptors (Lipinski definition) is 3. The Labute approximate surface area is 167 Å². The summed E-state index contributed by atoms with van der Waals surface area (Å²) < 4.78 is 15.2. The molecule has 0 atom stereocenters. The summed E-state index contributed by atoms with van der Waals surface area (Å²) >= 11 is 0. The average Bonchev–Trinajstić information content (AvgIpc) is 3.29. The highest BCUT2D eigenvalue weighted by Crippen LogP contribution is 2.15. The summed E-state index contributed by atoms with van der Waals surface area (Å²) in [6.45, 7) is 1.64. The summed E-state index contributed by atoms with van der Waals surface area (Å²) in [6, 6.07) is 12.9. The normalized spacial score (nSPS) is 14.0.